The Bertz CT molecular complexity index is 3280. The van der Waals surface area contributed by atoms with Crippen molar-refractivity contribution in [3.8, 4) is 0 Å². The molecule has 17 nitrogen and oxygen atoms in total. The number of allylic oxidation sites excluding steroid dienone is 1. The van der Waals surface area contributed by atoms with E-state index in [1.165, 1.54) is 56.9 Å². The summed E-state index contributed by atoms with van der Waals surface area (Å²) in [6.45, 7) is 40.0. The molecule has 616 valence electrons. The summed E-state index contributed by atoms with van der Waals surface area (Å²) in [7, 11) is 0. The summed E-state index contributed by atoms with van der Waals surface area (Å²) in [5.74, 6) is 7.51. The second kappa shape index (κ2) is 27.9. The SMILES string of the molecule is C.C.C.C=C1CCC2C3C(CC[C@]12C)[C@@]1(C)CC[C@@H](N)CC1[C@H]1OC(C)(C)O[C@H]31.CC1(C)O[C@@H]2C3C(CC[C@]4(C)C(=O)CCC34)[C@@]3(C)CC[C@@H](N)CC3[C@H]2O1.CC1(C)O[C@@H]2C3C(CC[C@]4(C)C(=O)CCC34)[C@@]3(C)CC[C@@H](N=[N+]=[N-])CC3[C@H]2O1.CC1(C)O[C@@H]2C3C(CC[C@]4(C)C(=O)CCC34)[C@@]3(C)CC[C@H](O)CC3[C@H]2O1. The van der Waals surface area contributed by atoms with Crippen LogP contribution >= 0.6 is 0 Å². The van der Waals surface area contributed by atoms with Gasteiger partial charge in [0.15, 0.2) is 23.1 Å². The Balaban J connectivity index is 0.000000120. The van der Waals surface area contributed by atoms with Gasteiger partial charge in [0, 0.05) is 58.5 Å². The molecule has 4 saturated heterocycles. The number of fused-ring (bicyclic) bond motifs is 32. The number of nitrogens with zero attached hydrogens (tertiary/aromatic N) is 3. The van der Waals surface area contributed by atoms with Crippen LogP contribution in [0, 0.1) is 138 Å². The smallest absolute Gasteiger partial charge is 0.163 e. The van der Waals surface area contributed by atoms with Crippen molar-refractivity contribution in [1.29, 1.82) is 0 Å². The molecule has 16 unspecified atom stereocenters. The second-order valence-corrected chi connectivity index (χ2v) is 43.9. The Kier molecular flexibility index (Phi) is 21.3. The normalized spacial score (nSPS) is 55.3. The summed E-state index contributed by atoms with van der Waals surface area (Å²) >= 11 is 0. The fraction of sp³-hybridized carbons (Fsp3) is 0.946. The summed E-state index contributed by atoms with van der Waals surface area (Å²) in [6.07, 6.45) is 30.4. The monoisotopic (exact) mass is 1520 g/mol. The lowest BCUT2D eigenvalue weighted by molar-refractivity contribution is -0.186. The van der Waals surface area contributed by atoms with E-state index in [9.17, 15) is 19.5 Å². The molecule has 20 rings (SSSR count). The molecule has 16 aliphatic carbocycles. The highest BCUT2D eigenvalue weighted by atomic mass is 16.8. The number of ketones is 3. The lowest BCUT2D eigenvalue weighted by Crippen LogP contribution is -2.63. The third kappa shape index (κ3) is 12.5. The van der Waals surface area contributed by atoms with E-state index in [0.29, 0.717) is 129 Å². The number of hydrogen-bond donors (Lipinski definition) is 3. The van der Waals surface area contributed by atoms with Crippen molar-refractivity contribution < 1.29 is 57.4 Å². The van der Waals surface area contributed by atoms with Gasteiger partial charge in [-0.3, -0.25) is 14.4 Å². The number of aliphatic hydroxyl groups excluding tert-OH is 1. The molecule has 0 amide bonds. The van der Waals surface area contributed by atoms with Crippen molar-refractivity contribution in [2.45, 2.75) is 409 Å². The first-order chi connectivity index (χ1) is 49.7. The summed E-state index contributed by atoms with van der Waals surface area (Å²) < 4.78 is 52.4. The maximum absolute atomic E-state index is 12.8. The molecule has 36 atom stereocenters. The van der Waals surface area contributed by atoms with E-state index >= 15 is 0 Å². The van der Waals surface area contributed by atoms with Crippen LogP contribution < -0.4 is 11.5 Å². The Morgan fingerprint density at radius 1 is 0.349 bits per heavy atom. The molecule has 20 aliphatic rings. The van der Waals surface area contributed by atoms with E-state index in [4.69, 9.17) is 54.9 Å². The fourth-order valence-electron chi connectivity index (χ4n) is 32.2. The van der Waals surface area contributed by atoms with Gasteiger partial charge in [0.2, 0.25) is 0 Å². The molecule has 109 heavy (non-hydrogen) atoms. The molecule has 4 heterocycles. The highest BCUT2D eigenvalue weighted by Gasteiger charge is 2.74. The maximum atomic E-state index is 12.8. The molecule has 0 aromatic carbocycles. The van der Waals surface area contributed by atoms with Gasteiger partial charge in [0.05, 0.1) is 54.9 Å². The van der Waals surface area contributed by atoms with Crippen LogP contribution in [-0.4, -0.2) is 119 Å². The number of azide groups is 1. The Labute approximate surface area is 657 Å². The lowest BCUT2D eigenvalue weighted by atomic mass is 9.43. The van der Waals surface area contributed by atoms with E-state index in [1.807, 2.05) is 27.7 Å². The first-order valence-electron chi connectivity index (χ1n) is 43.6. The second-order valence-electron chi connectivity index (χ2n) is 43.9. The van der Waals surface area contributed by atoms with Crippen LogP contribution in [0.3, 0.4) is 0 Å². The van der Waals surface area contributed by atoms with Crippen LogP contribution in [0.5, 0.6) is 0 Å². The molecule has 4 aliphatic heterocycles. The first kappa shape index (κ1) is 83.1. The van der Waals surface area contributed by atoms with Gasteiger partial charge in [-0.25, -0.2) is 0 Å². The predicted molar refractivity (Wildman–Crippen MR) is 425 cm³/mol. The molecular formula is C92H151N5O12. The fourth-order valence-corrected chi connectivity index (χ4v) is 32.2. The maximum Gasteiger partial charge on any atom is 0.163 e. The third-order valence-electron chi connectivity index (χ3n) is 37.5. The zero-order chi connectivity index (χ0) is 75.3. The van der Waals surface area contributed by atoms with E-state index < -0.39 is 23.1 Å². The van der Waals surface area contributed by atoms with E-state index in [1.54, 1.807) is 0 Å². The molecule has 0 bridgehead atoms. The van der Waals surface area contributed by atoms with E-state index in [0.717, 1.165) is 134 Å². The number of nitrogens with two attached hydrogens (primary N) is 2. The minimum atomic E-state index is -0.590. The van der Waals surface area contributed by atoms with Gasteiger partial charge in [-0.05, 0) is 343 Å². The third-order valence-corrected chi connectivity index (χ3v) is 37.5. The minimum Gasteiger partial charge on any atom is -0.393 e. The van der Waals surface area contributed by atoms with Gasteiger partial charge in [0.1, 0.15) is 17.3 Å². The quantitative estimate of drug-likeness (QED) is 0.0957. The van der Waals surface area contributed by atoms with Crippen molar-refractivity contribution >= 4 is 17.3 Å². The Morgan fingerprint density at radius 3 is 0.963 bits per heavy atom. The van der Waals surface area contributed by atoms with Gasteiger partial charge in [-0.2, -0.15) is 0 Å². The molecule has 20 fully saturated rings. The molecule has 0 aromatic heterocycles. The summed E-state index contributed by atoms with van der Waals surface area (Å²) in [6, 6.07) is 0.687. The average Bonchev–Trinajstić information content (AvgIpc) is 1.63. The minimum absolute atomic E-state index is 0. The zero-order valence-electron chi connectivity index (χ0n) is 68.1. The molecule has 16 saturated carbocycles. The van der Waals surface area contributed by atoms with Crippen LogP contribution in [0.1, 0.15) is 313 Å². The highest BCUT2D eigenvalue weighted by Crippen LogP contribution is 2.74. The van der Waals surface area contributed by atoms with Crippen molar-refractivity contribution in [2.24, 2.45) is 155 Å². The topological polar surface area (TPSA) is 246 Å². The number of ether oxygens (including phenoxy) is 8. The summed E-state index contributed by atoms with van der Waals surface area (Å²) in [4.78, 5) is 41.3. The van der Waals surface area contributed by atoms with Crippen LogP contribution in [0.4, 0.5) is 0 Å². The van der Waals surface area contributed by atoms with Gasteiger partial charge < -0.3 is 54.5 Å². The molecule has 0 aromatic rings. The number of Topliss-reactive ketones (excluding diaryl/α,β-unsaturated/α-hetero) is 3. The van der Waals surface area contributed by atoms with Crippen LogP contribution in [-0.2, 0) is 52.3 Å². The number of hydrogen-bond acceptors (Lipinski definition) is 15. The van der Waals surface area contributed by atoms with E-state index in [-0.39, 0.29) is 116 Å². The van der Waals surface area contributed by atoms with Gasteiger partial charge in [0.25, 0.3) is 0 Å². The summed E-state index contributed by atoms with van der Waals surface area (Å²) in [5.41, 5.74) is 24.2. The molecular weight excluding hydrogens is 1370 g/mol. The van der Waals surface area contributed by atoms with Crippen LogP contribution in [0.15, 0.2) is 17.3 Å². The lowest BCUT2D eigenvalue weighted by Gasteiger charge is -2.63. The average molecular weight is 1520 g/mol. The molecule has 0 spiro atoms. The summed E-state index contributed by atoms with van der Waals surface area (Å²) in [5, 5.41) is 14.5. The number of carbonyl (C=O) groups is 3. The largest absolute Gasteiger partial charge is 0.393 e. The molecule has 0 radical (unpaired) electrons. The number of rotatable bonds is 1. The van der Waals surface area contributed by atoms with Gasteiger partial charge in [-0.1, -0.05) is 94.9 Å². The number of aliphatic hydroxyl groups is 1. The number of carbonyl (C=O) groups excluding carboxylic acids is 3. The van der Waals surface area contributed by atoms with Gasteiger partial charge in [-0.15, -0.1) is 0 Å². The Morgan fingerprint density at radius 2 is 0.624 bits per heavy atom. The zero-order valence-corrected chi connectivity index (χ0v) is 68.1. The van der Waals surface area contributed by atoms with Crippen molar-refractivity contribution in [2.75, 3.05) is 0 Å². The highest BCUT2D eigenvalue weighted by molar-refractivity contribution is 5.88. The first-order valence-corrected chi connectivity index (χ1v) is 43.6. The van der Waals surface area contributed by atoms with Gasteiger partial charge >= 0.3 is 0 Å². The van der Waals surface area contributed by atoms with E-state index in [2.05, 4.69) is 99.7 Å². The van der Waals surface area contributed by atoms with Crippen LogP contribution in [0.25, 0.3) is 10.4 Å². The molecule has 5 N–H and O–H groups in total. The standard InChI is InChI=1S/C23H37NO2.C22H33N3O3.C22H35NO3.C22H34O4.3CH4/c1-13-6-7-15-18-16(9-11-22(13,15)4)23(5)10-8-14(24)12-17(23)19-20(18)26-21(2,3)25-19;1-20(2)27-18-15-11-12(24-25-23)7-9-21(15,3)14-8-10-22(4)13(5-6-16(22)26)17(14)19(18)28-20;2*1-20(2)25-18-15-11-12(23)7-9-21(15,3)14-8-10-22(4)13(5-6-16(22)24)17(14)19(18)26-20;;;/h14-20H,1,6-12,24H2,2-5H3;12-15,17-19H,5-11H2,1-4H3;12-15,17-19H,5-11,23H2,1-4H3;12-15,17-19,23H,5-11H2,1-4H3;3*1H4/t14-,15?,16?,17?,18?,19-,20-,22-,23-;2*12-,13?,14?,15?,17?,18-,19-,21-,22+;12-,13?,14?,15?,17?,18+,19+,21+,22-;;;/m1110.../s1. The van der Waals surface area contributed by atoms with Crippen LogP contribution in [0.2, 0.25) is 0 Å². The van der Waals surface area contributed by atoms with Crippen molar-refractivity contribution in [3.63, 3.8) is 0 Å². The molecule has 17 heteroatoms. The van der Waals surface area contributed by atoms with Crippen molar-refractivity contribution in [3.05, 3.63) is 22.6 Å². The Hall–Kier alpha value is -2.38. The van der Waals surface area contributed by atoms with Crippen molar-refractivity contribution in [1.82, 2.24) is 0 Å². The predicted octanol–water partition coefficient (Wildman–Crippen LogP) is 18.9.